The van der Waals surface area contributed by atoms with Gasteiger partial charge in [0, 0.05) is 11.1 Å². The molecule has 17 heavy (non-hydrogen) atoms. The Bertz CT molecular complexity index is 449. The highest BCUT2D eigenvalue weighted by Gasteiger charge is 2.59. The number of fused-ring (bicyclic) bond motifs is 2. The van der Waals surface area contributed by atoms with Gasteiger partial charge < -0.3 is 0 Å². The van der Waals surface area contributed by atoms with Crippen LogP contribution in [0.5, 0.6) is 0 Å². The molecule has 2 saturated carbocycles. The molecule has 0 spiro atoms. The molecule has 92 valence electrons. The van der Waals surface area contributed by atoms with Crippen molar-refractivity contribution in [1.82, 2.24) is 20.6 Å². The summed E-state index contributed by atoms with van der Waals surface area (Å²) in [4.78, 5) is 0. The molecular formula is C11H17N6-. The van der Waals surface area contributed by atoms with Gasteiger partial charge in [0.2, 0.25) is 0 Å². The van der Waals surface area contributed by atoms with Crippen molar-refractivity contribution in [2.24, 2.45) is 21.8 Å². The van der Waals surface area contributed by atoms with E-state index in [4.69, 9.17) is 0 Å². The molecule has 2 aliphatic rings. The van der Waals surface area contributed by atoms with Crippen LogP contribution in [-0.4, -0.2) is 26.3 Å². The third-order valence-electron chi connectivity index (χ3n) is 5.11. The summed E-state index contributed by atoms with van der Waals surface area (Å²) >= 11 is 0. The molecule has 6 nitrogen and oxygen atoms in total. The second-order valence-corrected chi connectivity index (χ2v) is 5.85. The molecule has 1 heterocycles. The third kappa shape index (κ3) is 1.33. The minimum atomic E-state index is 0.185. The summed E-state index contributed by atoms with van der Waals surface area (Å²) in [5, 5.41) is 17.8. The van der Waals surface area contributed by atoms with E-state index in [1.807, 2.05) is 0 Å². The molecule has 0 amide bonds. The summed E-state index contributed by atoms with van der Waals surface area (Å²) in [6.45, 7) is 7.01. The Morgan fingerprint density at radius 1 is 1.41 bits per heavy atom. The van der Waals surface area contributed by atoms with E-state index in [-0.39, 0.29) is 5.41 Å². The van der Waals surface area contributed by atoms with Gasteiger partial charge >= 0.3 is 0 Å². The second kappa shape index (κ2) is 3.27. The van der Waals surface area contributed by atoms with Gasteiger partial charge in [-0.25, -0.2) is 5.10 Å². The van der Waals surface area contributed by atoms with Crippen LogP contribution in [0, 0.1) is 16.7 Å². The fourth-order valence-corrected chi connectivity index (χ4v) is 3.38. The Kier molecular flexibility index (Phi) is 2.06. The van der Waals surface area contributed by atoms with Crippen LogP contribution < -0.4 is 0 Å². The first-order valence-corrected chi connectivity index (χ1v) is 6.05. The van der Waals surface area contributed by atoms with Gasteiger partial charge in [0.15, 0.2) is 0 Å². The van der Waals surface area contributed by atoms with E-state index in [0.29, 0.717) is 11.4 Å². The van der Waals surface area contributed by atoms with E-state index in [1.54, 1.807) is 0 Å². The van der Waals surface area contributed by atoms with E-state index in [9.17, 15) is 0 Å². The fraction of sp³-hybridized carbons (Fsp3) is 0.818. The molecule has 2 aliphatic carbocycles. The zero-order valence-electron chi connectivity index (χ0n) is 10.4. The van der Waals surface area contributed by atoms with Crippen LogP contribution in [0.1, 0.15) is 40.0 Å². The Morgan fingerprint density at radius 2 is 2.24 bits per heavy atom. The van der Waals surface area contributed by atoms with E-state index >= 15 is 0 Å². The molecule has 2 bridgehead atoms. The molecule has 1 aromatic heterocycles. The predicted octanol–water partition coefficient (Wildman–Crippen LogP) is 2.41. The maximum Gasteiger partial charge on any atom is 0.0830 e. The minimum absolute atomic E-state index is 0.185. The zero-order chi connectivity index (χ0) is 12.1. The van der Waals surface area contributed by atoms with Gasteiger partial charge in [-0.05, 0) is 30.6 Å². The first-order valence-electron chi connectivity index (χ1n) is 6.05. The summed E-state index contributed by atoms with van der Waals surface area (Å²) < 4.78 is 0. The third-order valence-corrected chi connectivity index (χ3v) is 5.11. The van der Waals surface area contributed by atoms with Crippen LogP contribution in [-0.2, 0) is 0 Å². The number of hydrogen-bond donors (Lipinski definition) is 1. The summed E-state index contributed by atoms with van der Waals surface area (Å²) in [7, 11) is 0. The van der Waals surface area contributed by atoms with Gasteiger partial charge in [0.1, 0.15) is 0 Å². The molecule has 2 atom stereocenters. The lowest BCUT2D eigenvalue weighted by Gasteiger charge is -2.34. The number of aromatic amines is 1. The summed E-state index contributed by atoms with van der Waals surface area (Å²) in [6.07, 6.45) is 3.58. The Hall–Kier alpha value is -1.46. The van der Waals surface area contributed by atoms with E-state index in [0.717, 1.165) is 12.3 Å². The molecule has 6 heteroatoms. The lowest BCUT2D eigenvalue weighted by Crippen LogP contribution is -2.32. The van der Waals surface area contributed by atoms with Gasteiger partial charge in [-0.2, -0.15) is 0 Å². The number of aromatic nitrogens is 4. The maximum atomic E-state index is 4.37. The van der Waals surface area contributed by atoms with Crippen LogP contribution in [0.4, 0.5) is 5.95 Å². The molecule has 0 aromatic carbocycles. The molecule has 0 saturated heterocycles. The van der Waals surface area contributed by atoms with Crippen LogP contribution in [0.15, 0.2) is 5.10 Å². The van der Waals surface area contributed by atoms with Gasteiger partial charge in [0.05, 0.1) is 5.95 Å². The first-order chi connectivity index (χ1) is 8.04. The Morgan fingerprint density at radius 3 is 2.76 bits per heavy atom. The molecule has 3 rings (SSSR count). The van der Waals surface area contributed by atoms with Crippen molar-refractivity contribution in [3.8, 4) is 0 Å². The minimum Gasteiger partial charge on any atom is -0.277 e. The highest BCUT2D eigenvalue weighted by atomic mass is 15.5. The predicted molar refractivity (Wildman–Crippen MR) is 63.9 cm³/mol. The fourth-order valence-electron chi connectivity index (χ4n) is 3.38. The van der Waals surface area contributed by atoms with Crippen molar-refractivity contribution in [1.29, 1.82) is 0 Å². The van der Waals surface area contributed by atoms with Crippen LogP contribution in [0.25, 0.3) is 5.43 Å². The largest absolute Gasteiger partial charge is 0.277 e. The van der Waals surface area contributed by atoms with Crippen molar-refractivity contribution < 1.29 is 0 Å². The van der Waals surface area contributed by atoms with Crippen LogP contribution >= 0.6 is 0 Å². The molecular weight excluding hydrogens is 216 g/mol. The Labute approximate surface area is 100 Å². The molecule has 2 fully saturated rings. The Balaban J connectivity index is 1.84. The number of nitrogens with zero attached hydrogens (tertiary/aromatic N) is 5. The lowest BCUT2D eigenvalue weighted by atomic mass is 9.70. The average Bonchev–Trinajstić information content (AvgIpc) is 2.91. The first kappa shape index (κ1) is 10.7. The van der Waals surface area contributed by atoms with Gasteiger partial charge in [-0.15, -0.1) is 5.21 Å². The average molecular weight is 233 g/mol. The molecule has 0 aliphatic heterocycles. The zero-order valence-corrected chi connectivity index (χ0v) is 10.4. The summed E-state index contributed by atoms with van der Waals surface area (Å²) in [5.74, 6) is 1.05. The van der Waals surface area contributed by atoms with Crippen molar-refractivity contribution in [2.75, 3.05) is 0 Å². The normalized spacial score (nSPS) is 36.6. The number of rotatable bonds is 2. The van der Waals surface area contributed by atoms with Gasteiger partial charge in [0.25, 0.3) is 0 Å². The van der Waals surface area contributed by atoms with Crippen LogP contribution in [0.3, 0.4) is 0 Å². The van der Waals surface area contributed by atoms with Crippen LogP contribution in [0.2, 0.25) is 0 Å². The summed E-state index contributed by atoms with van der Waals surface area (Å²) in [5.41, 5.74) is 5.76. The van der Waals surface area contributed by atoms with Crippen molar-refractivity contribution in [3.63, 3.8) is 0 Å². The molecule has 1 N–H and O–H groups in total. The van der Waals surface area contributed by atoms with E-state index in [1.165, 1.54) is 18.6 Å². The molecule has 0 unspecified atom stereocenters. The monoisotopic (exact) mass is 233 g/mol. The SMILES string of the molecule is CC1(C)[C@@H]2CC[C@@]1(C)/C(=N/[N-]c1nn[nH]n1)C2. The van der Waals surface area contributed by atoms with E-state index in [2.05, 4.69) is 51.9 Å². The smallest absolute Gasteiger partial charge is 0.0830 e. The maximum absolute atomic E-state index is 4.37. The van der Waals surface area contributed by atoms with E-state index < -0.39 is 0 Å². The highest BCUT2D eigenvalue weighted by molar-refractivity contribution is 5.95. The number of H-pyrrole nitrogens is 1. The second-order valence-electron chi connectivity index (χ2n) is 5.85. The number of nitrogens with one attached hydrogen (secondary N) is 1. The molecule has 0 radical (unpaired) electrons. The highest BCUT2D eigenvalue weighted by Crippen LogP contribution is 2.64. The standard InChI is InChI=1S/C11H17N6/c1-10(2)7-4-5-11(10,3)8(6-7)12-13-9-14-16-17-15-9/h7H,4-6H2,1-3H3,(H-,13,14,15,16,17)/q-1/b12-8+/t7-,11+/m1/s1. The van der Waals surface area contributed by atoms with Crippen molar-refractivity contribution in [2.45, 2.75) is 40.0 Å². The van der Waals surface area contributed by atoms with Crippen molar-refractivity contribution >= 4 is 11.7 Å². The topological polar surface area (TPSA) is 80.9 Å². The van der Waals surface area contributed by atoms with Crippen molar-refractivity contribution in [3.05, 3.63) is 5.43 Å². The van der Waals surface area contributed by atoms with Gasteiger partial charge in [-0.1, -0.05) is 20.8 Å². The quantitative estimate of drug-likeness (QED) is 0.796. The number of hydrogen-bond acceptors (Lipinski definition) is 4. The lowest BCUT2D eigenvalue weighted by molar-refractivity contribution is 0.194. The molecule has 1 aromatic rings. The summed E-state index contributed by atoms with van der Waals surface area (Å²) in [6, 6.07) is 0. The van der Waals surface area contributed by atoms with Gasteiger partial charge in [-0.3, -0.25) is 20.8 Å². The number of tetrazole rings is 1.